The zero-order valence-corrected chi connectivity index (χ0v) is 11.8. The van der Waals surface area contributed by atoms with Crippen molar-refractivity contribution in [3.05, 3.63) is 33.1 Å². The molecule has 0 spiro atoms. The molecule has 1 heterocycles. The molecule has 1 aromatic carbocycles. The molecule has 1 unspecified atom stereocenters. The third kappa shape index (κ3) is 3.60. The Morgan fingerprint density at radius 3 is 2.90 bits per heavy atom. The van der Waals surface area contributed by atoms with Crippen LogP contribution in [0.1, 0.15) is 19.3 Å². The molecule has 1 aliphatic heterocycles. The SMILES string of the molecule is O=C(O)CC1CCCN(c2cc(F)c(Cl)cc2[N+](=O)[O-])C1. The maximum absolute atomic E-state index is 13.6. The van der Waals surface area contributed by atoms with Crippen molar-refractivity contribution in [2.24, 2.45) is 5.92 Å². The summed E-state index contributed by atoms with van der Waals surface area (Å²) in [5.74, 6) is -1.73. The van der Waals surface area contributed by atoms with Crippen molar-refractivity contribution in [1.29, 1.82) is 0 Å². The normalized spacial score (nSPS) is 18.6. The van der Waals surface area contributed by atoms with Crippen molar-refractivity contribution >= 4 is 28.9 Å². The molecule has 1 atom stereocenters. The number of nitro groups is 1. The van der Waals surface area contributed by atoms with Crippen molar-refractivity contribution in [3.8, 4) is 0 Å². The van der Waals surface area contributed by atoms with Gasteiger partial charge in [0.25, 0.3) is 5.69 Å². The molecule has 0 saturated carbocycles. The van der Waals surface area contributed by atoms with Crippen LogP contribution in [0.2, 0.25) is 5.02 Å². The zero-order valence-electron chi connectivity index (χ0n) is 11.1. The number of halogens is 2. The molecule has 0 amide bonds. The minimum Gasteiger partial charge on any atom is -0.481 e. The van der Waals surface area contributed by atoms with Gasteiger partial charge in [0.2, 0.25) is 0 Å². The van der Waals surface area contributed by atoms with E-state index < -0.39 is 16.7 Å². The zero-order chi connectivity index (χ0) is 15.6. The monoisotopic (exact) mass is 316 g/mol. The van der Waals surface area contributed by atoms with Crippen LogP contribution in [0.15, 0.2) is 12.1 Å². The Kier molecular flexibility index (Phi) is 4.62. The number of benzene rings is 1. The Morgan fingerprint density at radius 2 is 2.29 bits per heavy atom. The molecule has 21 heavy (non-hydrogen) atoms. The van der Waals surface area contributed by atoms with Gasteiger partial charge in [-0.05, 0) is 18.8 Å². The molecule has 1 N–H and O–H groups in total. The quantitative estimate of drug-likeness (QED) is 0.681. The van der Waals surface area contributed by atoms with Gasteiger partial charge in [0.05, 0.1) is 9.95 Å². The highest BCUT2D eigenvalue weighted by Crippen LogP contribution is 2.35. The summed E-state index contributed by atoms with van der Waals surface area (Å²) in [7, 11) is 0. The van der Waals surface area contributed by atoms with Gasteiger partial charge in [-0.1, -0.05) is 11.6 Å². The van der Waals surface area contributed by atoms with Gasteiger partial charge in [-0.2, -0.15) is 0 Å². The van der Waals surface area contributed by atoms with E-state index in [4.69, 9.17) is 16.7 Å². The maximum atomic E-state index is 13.6. The van der Waals surface area contributed by atoms with Crippen LogP contribution in [0.4, 0.5) is 15.8 Å². The van der Waals surface area contributed by atoms with Crippen LogP contribution in [0.3, 0.4) is 0 Å². The Balaban J connectivity index is 2.30. The third-order valence-corrected chi connectivity index (χ3v) is 3.83. The predicted molar refractivity (Wildman–Crippen MR) is 75.3 cm³/mol. The molecule has 1 aromatic rings. The molecule has 0 aliphatic carbocycles. The Bertz CT molecular complexity index is 582. The number of carbonyl (C=O) groups is 1. The topological polar surface area (TPSA) is 83.7 Å². The number of carboxylic acid groups (broad SMARTS) is 1. The average molecular weight is 317 g/mol. The van der Waals surface area contributed by atoms with E-state index in [1.807, 2.05) is 0 Å². The van der Waals surface area contributed by atoms with Gasteiger partial charge < -0.3 is 10.0 Å². The first-order valence-corrected chi connectivity index (χ1v) is 6.86. The van der Waals surface area contributed by atoms with Crippen molar-refractivity contribution in [3.63, 3.8) is 0 Å². The third-order valence-electron chi connectivity index (χ3n) is 3.54. The molecule has 0 aromatic heterocycles. The molecular formula is C13H14ClFN2O4. The molecule has 1 aliphatic rings. The Morgan fingerprint density at radius 1 is 1.57 bits per heavy atom. The van der Waals surface area contributed by atoms with E-state index in [0.717, 1.165) is 18.6 Å². The van der Waals surface area contributed by atoms with Crippen molar-refractivity contribution in [2.45, 2.75) is 19.3 Å². The number of nitrogens with zero attached hydrogens (tertiary/aromatic N) is 2. The molecule has 2 rings (SSSR count). The highest BCUT2D eigenvalue weighted by molar-refractivity contribution is 6.31. The largest absolute Gasteiger partial charge is 0.481 e. The van der Waals surface area contributed by atoms with Crippen molar-refractivity contribution < 1.29 is 19.2 Å². The van der Waals surface area contributed by atoms with Gasteiger partial charge in [0.15, 0.2) is 0 Å². The van der Waals surface area contributed by atoms with Crippen LogP contribution in [0.5, 0.6) is 0 Å². The van der Waals surface area contributed by atoms with Crippen LogP contribution in [0, 0.1) is 21.8 Å². The standard InChI is InChI=1S/C13H14ClFN2O4/c14-9-5-12(17(20)21)11(6-10(9)15)16-3-1-2-8(7-16)4-13(18)19/h5-6,8H,1-4,7H2,(H,18,19). The van der Waals surface area contributed by atoms with Gasteiger partial charge in [-0.15, -0.1) is 0 Å². The fourth-order valence-electron chi connectivity index (χ4n) is 2.62. The summed E-state index contributed by atoms with van der Waals surface area (Å²) in [5, 5.41) is 19.6. The Hall–Kier alpha value is -1.89. The van der Waals surface area contributed by atoms with E-state index >= 15 is 0 Å². The first-order chi connectivity index (χ1) is 9.88. The average Bonchev–Trinajstić information content (AvgIpc) is 2.40. The van der Waals surface area contributed by atoms with E-state index in [9.17, 15) is 19.3 Å². The van der Waals surface area contributed by atoms with Crippen LogP contribution >= 0.6 is 11.6 Å². The van der Waals surface area contributed by atoms with E-state index in [0.29, 0.717) is 19.5 Å². The number of nitro benzene ring substituents is 1. The van der Waals surface area contributed by atoms with Crippen LogP contribution in [-0.2, 0) is 4.79 Å². The summed E-state index contributed by atoms with van der Waals surface area (Å²) in [6.07, 6.45) is 1.45. The second kappa shape index (κ2) is 6.26. The van der Waals surface area contributed by atoms with Crippen LogP contribution in [-0.4, -0.2) is 29.1 Å². The maximum Gasteiger partial charge on any atom is 0.303 e. The summed E-state index contributed by atoms with van der Waals surface area (Å²) >= 11 is 5.59. The van der Waals surface area contributed by atoms with Gasteiger partial charge >= 0.3 is 5.97 Å². The van der Waals surface area contributed by atoms with Crippen molar-refractivity contribution in [2.75, 3.05) is 18.0 Å². The van der Waals surface area contributed by atoms with E-state index in [2.05, 4.69) is 0 Å². The number of hydrogen-bond acceptors (Lipinski definition) is 4. The number of aliphatic carboxylic acids is 1. The molecule has 1 fully saturated rings. The van der Waals surface area contributed by atoms with E-state index in [-0.39, 0.29) is 28.7 Å². The fraction of sp³-hybridized carbons (Fsp3) is 0.462. The lowest BCUT2D eigenvalue weighted by Gasteiger charge is -2.33. The highest BCUT2D eigenvalue weighted by atomic mass is 35.5. The first-order valence-electron chi connectivity index (χ1n) is 6.48. The number of anilines is 1. The fourth-order valence-corrected chi connectivity index (χ4v) is 2.78. The van der Waals surface area contributed by atoms with Crippen LogP contribution < -0.4 is 4.90 Å². The van der Waals surface area contributed by atoms with Gasteiger partial charge in [0.1, 0.15) is 11.5 Å². The molecule has 1 saturated heterocycles. The van der Waals surface area contributed by atoms with E-state index in [1.165, 1.54) is 0 Å². The van der Waals surface area contributed by atoms with E-state index in [1.54, 1.807) is 4.90 Å². The minimum atomic E-state index is -0.904. The first kappa shape index (κ1) is 15.5. The van der Waals surface area contributed by atoms with Crippen molar-refractivity contribution in [1.82, 2.24) is 0 Å². The second-order valence-corrected chi connectivity index (χ2v) is 5.47. The molecule has 114 valence electrons. The number of rotatable bonds is 4. The van der Waals surface area contributed by atoms with Gasteiger partial charge in [-0.3, -0.25) is 14.9 Å². The molecule has 8 heteroatoms. The summed E-state index contributed by atoms with van der Waals surface area (Å²) in [6, 6.07) is 2.04. The molecule has 0 radical (unpaired) electrons. The lowest BCUT2D eigenvalue weighted by atomic mass is 9.94. The second-order valence-electron chi connectivity index (χ2n) is 5.06. The summed E-state index contributed by atoms with van der Waals surface area (Å²) < 4.78 is 13.6. The Labute approximate surface area is 125 Å². The highest BCUT2D eigenvalue weighted by Gasteiger charge is 2.28. The predicted octanol–water partition coefficient (Wildman–Crippen LogP) is 3.08. The summed E-state index contributed by atoms with van der Waals surface area (Å²) in [6.45, 7) is 0.881. The lowest BCUT2D eigenvalue weighted by molar-refractivity contribution is -0.384. The number of hydrogen-bond donors (Lipinski definition) is 1. The molecular weight excluding hydrogens is 303 g/mol. The molecule has 0 bridgehead atoms. The number of piperidine rings is 1. The lowest BCUT2D eigenvalue weighted by Crippen LogP contribution is -2.36. The summed E-state index contributed by atoms with van der Waals surface area (Å²) in [4.78, 5) is 22.9. The van der Waals surface area contributed by atoms with Crippen LogP contribution in [0.25, 0.3) is 0 Å². The smallest absolute Gasteiger partial charge is 0.303 e. The summed E-state index contributed by atoms with van der Waals surface area (Å²) in [5.41, 5.74) is -0.116. The molecule has 6 nitrogen and oxygen atoms in total. The minimum absolute atomic E-state index is 0.000367. The number of carboxylic acids is 1. The van der Waals surface area contributed by atoms with Gasteiger partial charge in [-0.25, -0.2) is 4.39 Å². The van der Waals surface area contributed by atoms with Gasteiger partial charge in [0, 0.05) is 31.6 Å².